The SMILES string of the molecule is NC(Cc1ccccc1)C(=O)NCc1ccc(F)cc1. The summed E-state index contributed by atoms with van der Waals surface area (Å²) in [6, 6.07) is 15.0. The molecular weight excluding hydrogens is 255 g/mol. The minimum absolute atomic E-state index is 0.210. The average Bonchev–Trinajstić information content (AvgIpc) is 2.47. The van der Waals surface area contributed by atoms with Crippen LogP contribution in [-0.4, -0.2) is 11.9 Å². The number of hydrogen-bond donors (Lipinski definition) is 2. The third-order valence-electron chi connectivity index (χ3n) is 3.02. The molecule has 1 amide bonds. The van der Waals surface area contributed by atoms with Crippen molar-refractivity contribution in [3.05, 3.63) is 71.5 Å². The van der Waals surface area contributed by atoms with Gasteiger partial charge in [0.1, 0.15) is 5.82 Å². The number of amides is 1. The van der Waals surface area contributed by atoms with Crippen LogP contribution in [0.3, 0.4) is 0 Å². The first-order valence-electron chi connectivity index (χ1n) is 6.47. The standard InChI is InChI=1S/C16H17FN2O/c17-14-8-6-13(7-9-14)11-19-16(20)15(18)10-12-4-2-1-3-5-12/h1-9,15H,10-11,18H2,(H,19,20). The van der Waals surface area contributed by atoms with Crippen LogP contribution in [0.4, 0.5) is 4.39 Å². The van der Waals surface area contributed by atoms with E-state index in [4.69, 9.17) is 5.73 Å². The van der Waals surface area contributed by atoms with Gasteiger partial charge in [-0.25, -0.2) is 4.39 Å². The number of rotatable bonds is 5. The Hall–Kier alpha value is -2.20. The zero-order valence-corrected chi connectivity index (χ0v) is 11.1. The molecule has 0 fully saturated rings. The quantitative estimate of drug-likeness (QED) is 0.875. The maximum absolute atomic E-state index is 12.7. The Morgan fingerprint density at radius 1 is 1.05 bits per heavy atom. The Balaban J connectivity index is 1.83. The van der Waals surface area contributed by atoms with Crippen LogP contribution in [0.2, 0.25) is 0 Å². The molecule has 0 radical (unpaired) electrons. The predicted octanol–water partition coefficient (Wildman–Crippen LogP) is 2.01. The molecule has 0 aromatic heterocycles. The molecule has 1 atom stereocenters. The molecule has 0 heterocycles. The molecule has 2 aromatic carbocycles. The van der Waals surface area contributed by atoms with E-state index < -0.39 is 6.04 Å². The van der Waals surface area contributed by atoms with Crippen molar-refractivity contribution in [3.8, 4) is 0 Å². The van der Waals surface area contributed by atoms with Crippen molar-refractivity contribution < 1.29 is 9.18 Å². The second-order valence-electron chi connectivity index (χ2n) is 4.64. The van der Waals surface area contributed by atoms with Crippen molar-refractivity contribution in [2.75, 3.05) is 0 Å². The summed E-state index contributed by atoms with van der Waals surface area (Å²) in [4.78, 5) is 11.9. The molecule has 0 aliphatic carbocycles. The van der Waals surface area contributed by atoms with Gasteiger partial charge >= 0.3 is 0 Å². The van der Waals surface area contributed by atoms with Gasteiger partial charge in [0.05, 0.1) is 6.04 Å². The molecule has 0 saturated carbocycles. The van der Waals surface area contributed by atoms with Crippen molar-refractivity contribution in [1.29, 1.82) is 0 Å². The van der Waals surface area contributed by atoms with E-state index in [9.17, 15) is 9.18 Å². The molecule has 3 nitrogen and oxygen atoms in total. The van der Waals surface area contributed by atoms with Crippen LogP contribution in [-0.2, 0) is 17.8 Å². The van der Waals surface area contributed by atoms with Crippen LogP contribution in [0.1, 0.15) is 11.1 Å². The molecule has 20 heavy (non-hydrogen) atoms. The molecule has 3 N–H and O–H groups in total. The van der Waals surface area contributed by atoms with E-state index in [2.05, 4.69) is 5.32 Å². The van der Waals surface area contributed by atoms with Gasteiger partial charge in [-0.3, -0.25) is 4.79 Å². The van der Waals surface area contributed by atoms with Gasteiger partial charge in [0, 0.05) is 6.54 Å². The summed E-state index contributed by atoms with van der Waals surface area (Å²) in [6.07, 6.45) is 0.496. The monoisotopic (exact) mass is 272 g/mol. The second kappa shape index (κ2) is 6.82. The van der Waals surface area contributed by atoms with Crippen molar-refractivity contribution >= 4 is 5.91 Å². The second-order valence-corrected chi connectivity index (χ2v) is 4.64. The highest BCUT2D eigenvalue weighted by Gasteiger charge is 2.13. The highest BCUT2D eigenvalue weighted by Crippen LogP contribution is 2.04. The van der Waals surface area contributed by atoms with Crippen molar-refractivity contribution in [2.45, 2.75) is 19.0 Å². The van der Waals surface area contributed by atoms with Gasteiger partial charge in [-0.05, 0) is 29.7 Å². The third-order valence-corrected chi connectivity index (χ3v) is 3.02. The molecule has 0 aliphatic rings. The number of carbonyl (C=O) groups is 1. The normalized spacial score (nSPS) is 11.9. The van der Waals surface area contributed by atoms with Crippen molar-refractivity contribution in [2.24, 2.45) is 5.73 Å². The first kappa shape index (κ1) is 14.2. The Labute approximate surface area is 117 Å². The average molecular weight is 272 g/mol. The summed E-state index contributed by atoms with van der Waals surface area (Å²) in [7, 11) is 0. The number of halogens is 1. The lowest BCUT2D eigenvalue weighted by molar-refractivity contribution is -0.122. The molecule has 0 aliphatic heterocycles. The van der Waals surface area contributed by atoms with E-state index in [1.54, 1.807) is 12.1 Å². The first-order chi connectivity index (χ1) is 9.65. The third kappa shape index (κ3) is 4.17. The maximum Gasteiger partial charge on any atom is 0.237 e. The molecule has 0 spiro atoms. The Kier molecular flexibility index (Phi) is 4.85. The molecule has 2 rings (SSSR count). The van der Waals surface area contributed by atoms with E-state index in [-0.39, 0.29) is 11.7 Å². The Morgan fingerprint density at radius 3 is 2.35 bits per heavy atom. The number of hydrogen-bond acceptors (Lipinski definition) is 2. The van der Waals surface area contributed by atoms with Crippen LogP contribution in [0.5, 0.6) is 0 Å². The van der Waals surface area contributed by atoms with E-state index in [1.165, 1.54) is 12.1 Å². The van der Waals surface area contributed by atoms with E-state index in [1.807, 2.05) is 30.3 Å². The van der Waals surface area contributed by atoms with Crippen LogP contribution in [0, 0.1) is 5.82 Å². The van der Waals surface area contributed by atoms with Gasteiger partial charge in [0.2, 0.25) is 5.91 Å². The van der Waals surface area contributed by atoms with E-state index in [0.717, 1.165) is 11.1 Å². The largest absolute Gasteiger partial charge is 0.351 e. The van der Waals surface area contributed by atoms with Crippen LogP contribution < -0.4 is 11.1 Å². The van der Waals surface area contributed by atoms with E-state index in [0.29, 0.717) is 13.0 Å². The van der Waals surface area contributed by atoms with Gasteiger partial charge in [0.15, 0.2) is 0 Å². The fraction of sp³-hybridized carbons (Fsp3) is 0.188. The lowest BCUT2D eigenvalue weighted by Gasteiger charge is -2.12. The zero-order chi connectivity index (χ0) is 14.4. The Bertz CT molecular complexity index is 554. The molecule has 4 heteroatoms. The van der Waals surface area contributed by atoms with Crippen LogP contribution in [0.15, 0.2) is 54.6 Å². The minimum atomic E-state index is -0.585. The zero-order valence-electron chi connectivity index (χ0n) is 11.1. The lowest BCUT2D eigenvalue weighted by atomic mass is 10.1. The lowest BCUT2D eigenvalue weighted by Crippen LogP contribution is -2.41. The summed E-state index contributed by atoms with van der Waals surface area (Å²) in [5, 5.41) is 2.75. The van der Waals surface area contributed by atoms with Gasteiger partial charge in [-0.2, -0.15) is 0 Å². The highest BCUT2D eigenvalue weighted by molar-refractivity contribution is 5.81. The molecule has 104 valence electrons. The molecule has 1 unspecified atom stereocenters. The number of nitrogens with two attached hydrogens (primary N) is 1. The van der Waals surface area contributed by atoms with Crippen molar-refractivity contribution in [1.82, 2.24) is 5.32 Å². The fourth-order valence-corrected chi connectivity index (χ4v) is 1.88. The summed E-state index contributed by atoms with van der Waals surface area (Å²) >= 11 is 0. The highest BCUT2D eigenvalue weighted by atomic mass is 19.1. The van der Waals surface area contributed by atoms with Crippen LogP contribution >= 0.6 is 0 Å². The summed E-state index contributed by atoms with van der Waals surface area (Å²) < 4.78 is 12.7. The Morgan fingerprint density at radius 2 is 1.70 bits per heavy atom. The minimum Gasteiger partial charge on any atom is -0.351 e. The van der Waals surface area contributed by atoms with Gasteiger partial charge in [0.25, 0.3) is 0 Å². The topological polar surface area (TPSA) is 55.1 Å². The molecular formula is C16H17FN2O. The molecule has 2 aromatic rings. The molecule has 0 saturated heterocycles. The van der Waals surface area contributed by atoms with E-state index >= 15 is 0 Å². The van der Waals surface area contributed by atoms with Gasteiger partial charge < -0.3 is 11.1 Å². The summed E-state index contributed by atoms with van der Waals surface area (Å²) in [5.41, 5.74) is 7.73. The number of benzene rings is 2. The summed E-state index contributed by atoms with van der Waals surface area (Å²) in [5.74, 6) is -0.501. The van der Waals surface area contributed by atoms with Crippen molar-refractivity contribution in [3.63, 3.8) is 0 Å². The van der Waals surface area contributed by atoms with Crippen LogP contribution in [0.25, 0.3) is 0 Å². The first-order valence-corrected chi connectivity index (χ1v) is 6.47. The maximum atomic E-state index is 12.7. The molecule has 0 bridgehead atoms. The number of carbonyl (C=O) groups excluding carboxylic acids is 1. The fourth-order valence-electron chi connectivity index (χ4n) is 1.88. The van der Waals surface area contributed by atoms with Gasteiger partial charge in [-0.15, -0.1) is 0 Å². The summed E-state index contributed by atoms with van der Waals surface area (Å²) in [6.45, 7) is 0.349. The predicted molar refractivity (Wildman–Crippen MR) is 76.4 cm³/mol. The van der Waals surface area contributed by atoms with Gasteiger partial charge in [-0.1, -0.05) is 42.5 Å². The number of nitrogens with one attached hydrogen (secondary N) is 1. The smallest absolute Gasteiger partial charge is 0.237 e.